The molecule has 1 saturated heterocycles. The van der Waals surface area contributed by atoms with Crippen LogP contribution in [0.4, 0.5) is 0 Å². The van der Waals surface area contributed by atoms with Crippen LogP contribution >= 0.6 is 11.8 Å². The molecule has 1 heterocycles. The Balaban J connectivity index is 1.31. The van der Waals surface area contributed by atoms with Crippen molar-refractivity contribution in [2.24, 2.45) is 11.3 Å². The number of carboxylic acids is 1. The number of aliphatic carboxylic acids is 1. The molecular weight excluding hydrogens is 358 g/mol. The van der Waals surface area contributed by atoms with E-state index in [1.807, 2.05) is 47.4 Å². The van der Waals surface area contributed by atoms with Crippen molar-refractivity contribution in [1.82, 2.24) is 4.90 Å². The molecule has 0 aromatic heterocycles. The molecule has 1 atom stereocenters. The van der Waals surface area contributed by atoms with E-state index in [4.69, 9.17) is 0 Å². The zero-order valence-corrected chi connectivity index (χ0v) is 16.0. The highest BCUT2D eigenvalue weighted by atomic mass is 32.2. The van der Waals surface area contributed by atoms with Gasteiger partial charge in [0, 0.05) is 29.3 Å². The van der Waals surface area contributed by atoms with E-state index >= 15 is 0 Å². The molecule has 4 nitrogen and oxygen atoms in total. The summed E-state index contributed by atoms with van der Waals surface area (Å²) in [5, 5.41) is 9.18. The van der Waals surface area contributed by atoms with Crippen LogP contribution in [0.3, 0.4) is 0 Å². The van der Waals surface area contributed by atoms with E-state index in [9.17, 15) is 14.7 Å². The van der Waals surface area contributed by atoms with Gasteiger partial charge in [0.25, 0.3) is 5.91 Å². The highest BCUT2D eigenvalue weighted by Crippen LogP contribution is 2.59. The maximum atomic E-state index is 12.7. The molecule has 0 bridgehead atoms. The van der Waals surface area contributed by atoms with Gasteiger partial charge in [-0.05, 0) is 54.5 Å². The van der Waals surface area contributed by atoms with Gasteiger partial charge in [0.15, 0.2) is 0 Å². The Morgan fingerprint density at radius 1 is 1.04 bits per heavy atom. The van der Waals surface area contributed by atoms with E-state index in [2.05, 4.69) is 12.1 Å². The molecule has 27 heavy (non-hydrogen) atoms. The topological polar surface area (TPSA) is 57.6 Å². The summed E-state index contributed by atoms with van der Waals surface area (Å²) in [5.74, 6) is 0.0821. The lowest BCUT2D eigenvalue weighted by molar-refractivity contribution is -0.139. The first-order valence-electron chi connectivity index (χ1n) is 9.36. The average molecular weight is 381 g/mol. The second-order valence-electron chi connectivity index (χ2n) is 7.55. The largest absolute Gasteiger partial charge is 0.481 e. The zero-order valence-electron chi connectivity index (χ0n) is 15.1. The number of carbonyl (C=O) groups is 2. The van der Waals surface area contributed by atoms with Crippen molar-refractivity contribution in [3.05, 3.63) is 65.7 Å². The fourth-order valence-electron chi connectivity index (χ4n) is 4.02. The Morgan fingerprint density at radius 3 is 2.30 bits per heavy atom. The number of carbonyl (C=O) groups excluding carboxylic acids is 1. The Kier molecular flexibility index (Phi) is 4.96. The SMILES string of the molecule is O=C(O)C1CC12CCN(C(=O)c1ccc(SCc3ccccc3)cc1)CC2. The fourth-order valence-corrected chi connectivity index (χ4v) is 4.88. The number of benzene rings is 2. The summed E-state index contributed by atoms with van der Waals surface area (Å²) in [7, 11) is 0. The molecule has 1 unspecified atom stereocenters. The van der Waals surface area contributed by atoms with E-state index in [-0.39, 0.29) is 17.2 Å². The second kappa shape index (κ2) is 7.39. The number of rotatable bonds is 5. The van der Waals surface area contributed by atoms with Crippen LogP contribution in [0.1, 0.15) is 35.2 Å². The highest BCUT2D eigenvalue weighted by molar-refractivity contribution is 7.98. The lowest BCUT2D eigenvalue weighted by Crippen LogP contribution is -2.40. The zero-order chi connectivity index (χ0) is 18.9. The average Bonchev–Trinajstić information content (AvgIpc) is 3.41. The van der Waals surface area contributed by atoms with Crippen LogP contribution in [-0.4, -0.2) is 35.0 Å². The van der Waals surface area contributed by atoms with Crippen LogP contribution in [0, 0.1) is 11.3 Å². The van der Waals surface area contributed by atoms with Gasteiger partial charge in [-0.25, -0.2) is 0 Å². The van der Waals surface area contributed by atoms with Crippen molar-refractivity contribution in [1.29, 1.82) is 0 Å². The van der Waals surface area contributed by atoms with Gasteiger partial charge in [-0.3, -0.25) is 9.59 Å². The molecule has 2 aliphatic rings. The van der Waals surface area contributed by atoms with Crippen LogP contribution in [0.5, 0.6) is 0 Å². The lowest BCUT2D eigenvalue weighted by atomic mass is 9.90. The Morgan fingerprint density at radius 2 is 1.70 bits per heavy atom. The predicted molar refractivity (Wildman–Crippen MR) is 106 cm³/mol. The number of hydrogen-bond acceptors (Lipinski definition) is 3. The molecule has 1 amide bonds. The van der Waals surface area contributed by atoms with Gasteiger partial charge < -0.3 is 10.0 Å². The molecule has 4 rings (SSSR count). The normalized spacial score (nSPS) is 20.4. The summed E-state index contributed by atoms with van der Waals surface area (Å²) < 4.78 is 0. The molecule has 1 aliphatic carbocycles. The van der Waals surface area contributed by atoms with Gasteiger partial charge in [-0.2, -0.15) is 0 Å². The molecule has 1 aliphatic heterocycles. The lowest BCUT2D eigenvalue weighted by Gasteiger charge is -2.32. The van der Waals surface area contributed by atoms with Crippen molar-refractivity contribution in [3.8, 4) is 0 Å². The number of likely N-dealkylation sites (tertiary alicyclic amines) is 1. The van der Waals surface area contributed by atoms with Crippen LogP contribution in [0.2, 0.25) is 0 Å². The standard InChI is InChI=1S/C22H23NO3S/c24-20(23-12-10-22(11-13-23)14-19(22)21(25)26)17-6-8-18(9-7-17)27-15-16-4-2-1-3-5-16/h1-9,19H,10-15H2,(H,25,26). The first-order chi connectivity index (χ1) is 13.1. The Bertz CT molecular complexity index is 826. The van der Waals surface area contributed by atoms with E-state index < -0.39 is 5.97 Å². The molecule has 2 fully saturated rings. The van der Waals surface area contributed by atoms with Gasteiger partial charge in [-0.1, -0.05) is 30.3 Å². The van der Waals surface area contributed by atoms with Crippen molar-refractivity contribution >= 4 is 23.6 Å². The molecule has 5 heteroatoms. The monoisotopic (exact) mass is 381 g/mol. The van der Waals surface area contributed by atoms with Crippen molar-refractivity contribution < 1.29 is 14.7 Å². The van der Waals surface area contributed by atoms with Crippen LogP contribution in [-0.2, 0) is 10.5 Å². The molecule has 1 saturated carbocycles. The number of carboxylic acid groups (broad SMARTS) is 1. The van der Waals surface area contributed by atoms with E-state index in [0.29, 0.717) is 18.7 Å². The van der Waals surface area contributed by atoms with Crippen molar-refractivity contribution in [2.75, 3.05) is 13.1 Å². The van der Waals surface area contributed by atoms with Gasteiger partial charge in [0.2, 0.25) is 0 Å². The van der Waals surface area contributed by atoms with E-state index in [1.54, 1.807) is 11.8 Å². The van der Waals surface area contributed by atoms with Gasteiger partial charge in [0.1, 0.15) is 0 Å². The predicted octanol–water partition coefficient (Wildman–Crippen LogP) is 4.31. The second-order valence-corrected chi connectivity index (χ2v) is 8.60. The maximum Gasteiger partial charge on any atom is 0.307 e. The summed E-state index contributed by atoms with van der Waals surface area (Å²) in [6.45, 7) is 1.32. The van der Waals surface area contributed by atoms with Gasteiger partial charge >= 0.3 is 5.97 Å². The first kappa shape index (κ1) is 18.1. The minimum absolute atomic E-state index is 0.0411. The van der Waals surface area contributed by atoms with Gasteiger partial charge in [0.05, 0.1) is 5.92 Å². The third kappa shape index (κ3) is 3.88. The smallest absolute Gasteiger partial charge is 0.307 e. The summed E-state index contributed by atoms with van der Waals surface area (Å²) >= 11 is 1.76. The van der Waals surface area contributed by atoms with E-state index in [1.165, 1.54) is 5.56 Å². The highest BCUT2D eigenvalue weighted by Gasteiger charge is 2.59. The number of thioether (sulfide) groups is 1. The molecule has 2 aromatic carbocycles. The van der Waals surface area contributed by atoms with Crippen LogP contribution < -0.4 is 0 Å². The minimum atomic E-state index is -0.682. The fraction of sp³-hybridized carbons (Fsp3) is 0.364. The van der Waals surface area contributed by atoms with Crippen molar-refractivity contribution in [2.45, 2.75) is 29.9 Å². The van der Waals surface area contributed by atoms with Crippen LogP contribution in [0.15, 0.2) is 59.5 Å². The van der Waals surface area contributed by atoms with E-state index in [0.717, 1.165) is 29.9 Å². The Hall–Kier alpha value is -2.27. The Labute approximate surface area is 163 Å². The number of amides is 1. The minimum Gasteiger partial charge on any atom is -0.481 e. The van der Waals surface area contributed by atoms with Crippen LogP contribution in [0.25, 0.3) is 0 Å². The molecule has 140 valence electrons. The number of piperidine rings is 1. The summed E-state index contributed by atoms with van der Waals surface area (Å²) in [6.07, 6.45) is 2.39. The molecular formula is C22H23NO3S. The first-order valence-corrected chi connectivity index (χ1v) is 10.3. The quantitative estimate of drug-likeness (QED) is 0.785. The maximum absolute atomic E-state index is 12.7. The molecule has 0 radical (unpaired) electrons. The molecule has 1 N–H and O–H groups in total. The van der Waals surface area contributed by atoms with Crippen molar-refractivity contribution in [3.63, 3.8) is 0 Å². The third-order valence-corrected chi connectivity index (χ3v) is 6.97. The molecule has 1 spiro atoms. The number of nitrogens with zero attached hydrogens (tertiary/aromatic N) is 1. The molecule has 2 aromatic rings. The third-order valence-electron chi connectivity index (χ3n) is 5.88. The summed E-state index contributed by atoms with van der Waals surface area (Å²) in [4.78, 5) is 26.9. The summed E-state index contributed by atoms with van der Waals surface area (Å²) in [5.41, 5.74) is 1.95. The summed E-state index contributed by atoms with van der Waals surface area (Å²) in [6, 6.07) is 18.1. The van der Waals surface area contributed by atoms with Gasteiger partial charge in [-0.15, -0.1) is 11.8 Å². The number of hydrogen-bond donors (Lipinski definition) is 1.